The second kappa shape index (κ2) is 4.67. The van der Waals surface area contributed by atoms with Crippen LogP contribution in [0.5, 0.6) is 0 Å². The normalized spacial score (nSPS) is 24.7. The average Bonchev–Trinajstić information content (AvgIpc) is 2.29. The van der Waals surface area contributed by atoms with Crippen LogP contribution in [0.2, 0.25) is 0 Å². The Hall–Kier alpha value is -1.69. The molecule has 2 unspecified atom stereocenters. The van der Waals surface area contributed by atoms with Gasteiger partial charge in [0.05, 0.1) is 4.92 Å². The van der Waals surface area contributed by atoms with Crippen molar-refractivity contribution in [1.82, 2.24) is 4.98 Å². The number of nitrogens with zero attached hydrogens (tertiary/aromatic N) is 3. The van der Waals surface area contributed by atoms with Crippen LogP contribution in [-0.2, 0) is 0 Å². The van der Waals surface area contributed by atoms with Crippen molar-refractivity contribution in [3.8, 4) is 0 Å². The van der Waals surface area contributed by atoms with Crippen LogP contribution < -0.4 is 10.6 Å². The zero-order valence-electron chi connectivity index (χ0n) is 9.74. The Bertz CT molecular complexity index is 424. The Morgan fingerprint density at radius 3 is 3.06 bits per heavy atom. The Balaban J connectivity index is 2.30. The number of nitrogens with two attached hydrogens (primary N) is 1. The molecule has 2 atom stereocenters. The highest BCUT2D eigenvalue weighted by Crippen LogP contribution is 2.31. The minimum Gasteiger partial charge on any atom is -0.363 e. The second-order valence-electron chi connectivity index (χ2n) is 4.45. The van der Waals surface area contributed by atoms with Crippen LogP contribution in [0.25, 0.3) is 0 Å². The minimum atomic E-state index is -0.385. The molecule has 0 amide bonds. The number of nitro groups is 1. The first-order valence-electron chi connectivity index (χ1n) is 5.70. The number of rotatable bonds is 2. The first-order chi connectivity index (χ1) is 8.09. The zero-order valence-corrected chi connectivity index (χ0v) is 9.74. The molecule has 6 nitrogen and oxygen atoms in total. The molecule has 0 bridgehead atoms. The van der Waals surface area contributed by atoms with Crippen molar-refractivity contribution in [3.63, 3.8) is 0 Å². The van der Waals surface area contributed by atoms with E-state index < -0.39 is 0 Å². The summed E-state index contributed by atoms with van der Waals surface area (Å²) in [6.07, 6.45) is 4.61. The monoisotopic (exact) mass is 236 g/mol. The maximum absolute atomic E-state index is 10.9. The molecule has 6 heteroatoms. The van der Waals surface area contributed by atoms with E-state index in [-0.39, 0.29) is 22.7 Å². The van der Waals surface area contributed by atoms with E-state index in [0.717, 1.165) is 19.4 Å². The summed E-state index contributed by atoms with van der Waals surface area (Å²) in [4.78, 5) is 16.4. The standard InChI is InChI=1S/C11H16N4O2/c1-8-6-9(12)3-5-14(8)10-2-4-13-7-11(10)15(16)17/h2,4,7-9H,3,5-6,12H2,1H3. The number of aromatic nitrogens is 1. The van der Waals surface area contributed by atoms with Crippen molar-refractivity contribution in [2.24, 2.45) is 5.73 Å². The van der Waals surface area contributed by atoms with Crippen LogP contribution in [0.3, 0.4) is 0 Å². The molecule has 1 saturated heterocycles. The summed E-state index contributed by atoms with van der Waals surface area (Å²) in [5, 5.41) is 10.9. The molecule has 0 aromatic carbocycles. The lowest BCUT2D eigenvalue weighted by atomic mass is 9.98. The summed E-state index contributed by atoms with van der Waals surface area (Å²) < 4.78 is 0. The van der Waals surface area contributed by atoms with Gasteiger partial charge in [-0.15, -0.1) is 0 Å². The van der Waals surface area contributed by atoms with Crippen molar-refractivity contribution < 1.29 is 4.92 Å². The van der Waals surface area contributed by atoms with Gasteiger partial charge in [-0.1, -0.05) is 0 Å². The molecule has 0 spiro atoms. The maximum Gasteiger partial charge on any atom is 0.310 e. The molecular formula is C11H16N4O2. The quantitative estimate of drug-likeness (QED) is 0.618. The van der Waals surface area contributed by atoms with Crippen LogP contribution in [0, 0.1) is 10.1 Å². The van der Waals surface area contributed by atoms with Crippen LogP contribution in [0.4, 0.5) is 11.4 Å². The van der Waals surface area contributed by atoms with Gasteiger partial charge < -0.3 is 10.6 Å². The first-order valence-corrected chi connectivity index (χ1v) is 5.70. The van der Waals surface area contributed by atoms with Gasteiger partial charge in [0.2, 0.25) is 0 Å². The van der Waals surface area contributed by atoms with Gasteiger partial charge >= 0.3 is 5.69 Å². The molecule has 1 fully saturated rings. The Labute approximate surface area is 99.6 Å². The van der Waals surface area contributed by atoms with E-state index in [2.05, 4.69) is 4.98 Å². The highest BCUT2D eigenvalue weighted by Gasteiger charge is 2.28. The highest BCUT2D eigenvalue weighted by molar-refractivity contribution is 5.62. The van der Waals surface area contributed by atoms with Gasteiger partial charge in [-0.3, -0.25) is 15.1 Å². The molecule has 2 rings (SSSR count). The van der Waals surface area contributed by atoms with Crippen LogP contribution in [0.1, 0.15) is 19.8 Å². The molecule has 0 radical (unpaired) electrons. The molecule has 1 aromatic heterocycles. The lowest BCUT2D eigenvalue weighted by Crippen LogP contribution is -2.45. The second-order valence-corrected chi connectivity index (χ2v) is 4.45. The molecular weight excluding hydrogens is 220 g/mol. The Morgan fingerprint density at radius 2 is 2.41 bits per heavy atom. The first kappa shape index (κ1) is 11.8. The summed E-state index contributed by atoms with van der Waals surface area (Å²) >= 11 is 0. The van der Waals surface area contributed by atoms with Crippen molar-refractivity contribution >= 4 is 11.4 Å². The average molecular weight is 236 g/mol. The summed E-state index contributed by atoms with van der Waals surface area (Å²) in [5.41, 5.74) is 6.60. The molecule has 2 heterocycles. The number of anilines is 1. The van der Waals surface area contributed by atoms with Gasteiger partial charge in [-0.05, 0) is 25.8 Å². The fourth-order valence-electron chi connectivity index (χ4n) is 2.33. The highest BCUT2D eigenvalue weighted by atomic mass is 16.6. The maximum atomic E-state index is 10.9. The van der Waals surface area contributed by atoms with E-state index >= 15 is 0 Å². The fraction of sp³-hybridized carbons (Fsp3) is 0.545. The topological polar surface area (TPSA) is 85.3 Å². The van der Waals surface area contributed by atoms with Gasteiger partial charge in [-0.2, -0.15) is 0 Å². The van der Waals surface area contributed by atoms with Crippen molar-refractivity contribution in [1.29, 1.82) is 0 Å². The molecule has 1 aliphatic heterocycles. The molecule has 0 aliphatic carbocycles. The smallest absolute Gasteiger partial charge is 0.310 e. The predicted molar refractivity (Wildman–Crippen MR) is 64.9 cm³/mol. The third-order valence-electron chi connectivity index (χ3n) is 3.20. The van der Waals surface area contributed by atoms with Crippen LogP contribution >= 0.6 is 0 Å². The molecule has 92 valence electrons. The van der Waals surface area contributed by atoms with Crippen LogP contribution in [0.15, 0.2) is 18.5 Å². The zero-order chi connectivity index (χ0) is 12.4. The summed E-state index contributed by atoms with van der Waals surface area (Å²) in [6, 6.07) is 2.12. The van der Waals surface area contributed by atoms with E-state index in [4.69, 9.17) is 5.73 Å². The number of piperidine rings is 1. The lowest BCUT2D eigenvalue weighted by Gasteiger charge is -2.37. The molecule has 0 saturated carbocycles. The largest absolute Gasteiger partial charge is 0.363 e. The number of hydrogen-bond donors (Lipinski definition) is 1. The summed E-state index contributed by atoms with van der Waals surface area (Å²) in [6.45, 7) is 2.80. The van der Waals surface area contributed by atoms with E-state index in [1.165, 1.54) is 6.20 Å². The van der Waals surface area contributed by atoms with E-state index in [0.29, 0.717) is 5.69 Å². The van der Waals surface area contributed by atoms with Crippen molar-refractivity contribution in [2.45, 2.75) is 31.8 Å². The third-order valence-corrected chi connectivity index (χ3v) is 3.20. The summed E-state index contributed by atoms with van der Waals surface area (Å²) in [5.74, 6) is 0. The number of hydrogen-bond acceptors (Lipinski definition) is 5. The minimum absolute atomic E-state index is 0.0646. The Morgan fingerprint density at radius 1 is 1.65 bits per heavy atom. The SMILES string of the molecule is CC1CC(N)CCN1c1ccncc1[N+](=O)[O-]. The lowest BCUT2D eigenvalue weighted by molar-refractivity contribution is -0.384. The molecule has 2 N–H and O–H groups in total. The van der Waals surface area contributed by atoms with Gasteiger partial charge in [0.15, 0.2) is 0 Å². The van der Waals surface area contributed by atoms with E-state index in [1.54, 1.807) is 12.3 Å². The van der Waals surface area contributed by atoms with Crippen molar-refractivity contribution in [2.75, 3.05) is 11.4 Å². The van der Waals surface area contributed by atoms with E-state index in [1.807, 2.05) is 11.8 Å². The molecule has 1 aliphatic rings. The molecule has 17 heavy (non-hydrogen) atoms. The van der Waals surface area contributed by atoms with Crippen LogP contribution in [-0.4, -0.2) is 28.5 Å². The third kappa shape index (κ3) is 2.36. The molecule has 1 aromatic rings. The summed E-state index contributed by atoms with van der Waals surface area (Å²) in [7, 11) is 0. The van der Waals surface area contributed by atoms with Crippen molar-refractivity contribution in [3.05, 3.63) is 28.6 Å². The van der Waals surface area contributed by atoms with E-state index in [9.17, 15) is 10.1 Å². The van der Waals surface area contributed by atoms with Gasteiger partial charge in [0.25, 0.3) is 0 Å². The fourth-order valence-corrected chi connectivity index (χ4v) is 2.33. The predicted octanol–water partition coefficient (Wildman–Crippen LogP) is 1.31. The van der Waals surface area contributed by atoms with Gasteiger partial charge in [0.1, 0.15) is 11.9 Å². The Kier molecular flexibility index (Phi) is 3.23. The van der Waals surface area contributed by atoms with Gasteiger partial charge in [-0.25, -0.2) is 0 Å². The number of pyridine rings is 1. The van der Waals surface area contributed by atoms with Gasteiger partial charge in [0, 0.05) is 24.8 Å².